The molecular weight excluding hydrogens is 130 g/mol. The second kappa shape index (κ2) is 2.94. The summed E-state index contributed by atoms with van der Waals surface area (Å²) in [7, 11) is 1.83. The van der Waals surface area contributed by atoms with Crippen LogP contribution in [0.3, 0.4) is 0 Å². The molecule has 2 unspecified atom stereocenters. The minimum absolute atomic E-state index is 0.0605. The van der Waals surface area contributed by atoms with Crippen LogP contribution < -0.4 is 5.32 Å². The van der Waals surface area contributed by atoms with Crippen molar-refractivity contribution < 1.29 is 9.53 Å². The van der Waals surface area contributed by atoms with Crippen LogP contribution in [-0.4, -0.2) is 25.2 Å². The van der Waals surface area contributed by atoms with Crippen molar-refractivity contribution in [2.75, 3.05) is 7.05 Å². The lowest BCUT2D eigenvalue weighted by Gasteiger charge is -1.82. The van der Waals surface area contributed by atoms with E-state index >= 15 is 0 Å². The molecule has 0 bridgehead atoms. The molecule has 1 N–H and O–H groups in total. The highest BCUT2D eigenvalue weighted by molar-refractivity contribution is 5.87. The van der Waals surface area contributed by atoms with Crippen LogP contribution in [0, 0.1) is 0 Å². The molecule has 0 amide bonds. The summed E-state index contributed by atoms with van der Waals surface area (Å²) < 4.78 is 5.07. The van der Waals surface area contributed by atoms with Gasteiger partial charge in [-0.15, -0.1) is 0 Å². The van der Waals surface area contributed by atoms with Crippen LogP contribution >= 0.6 is 0 Å². The van der Waals surface area contributed by atoms with Crippen LogP contribution in [0.2, 0.25) is 0 Å². The van der Waals surface area contributed by atoms with Crippen molar-refractivity contribution in [1.82, 2.24) is 5.32 Å². The summed E-state index contributed by atoms with van der Waals surface area (Å²) in [6.45, 7) is 1.52. The molecule has 0 radical (unpaired) electrons. The van der Waals surface area contributed by atoms with E-state index in [1.165, 1.54) is 13.0 Å². The maximum atomic E-state index is 10.4. The van der Waals surface area contributed by atoms with Crippen molar-refractivity contribution in [3.63, 3.8) is 0 Å². The molecule has 10 heavy (non-hydrogen) atoms. The van der Waals surface area contributed by atoms with E-state index in [0.29, 0.717) is 0 Å². The molecule has 3 nitrogen and oxygen atoms in total. The number of epoxide rings is 1. The van der Waals surface area contributed by atoms with Crippen molar-refractivity contribution in [2.45, 2.75) is 19.3 Å². The summed E-state index contributed by atoms with van der Waals surface area (Å²) in [6, 6.07) is 0. The number of carbonyl (C=O) groups excluding carboxylic acids is 1. The Bertz CT molecular complexity index is 165. The lowest BCUT2D eigenvalue weighted by Crippen LogP contribution is -2.12. The predicted molar refractivity (Wildman–Crippen MR) is 37.5 cm³/mol. The fraction of sp³-hybridized carbons (Fsp3) is 0.571. The van der Waals surface area contributed by atoms with Crippen LogP contribution in [0.4, 0.5) is 0 Å². The van der Waals surface area contributed by atoms with Gasteiger partial charge in [0.05, 0.1) is 0 Å². The molecule has 1 rings (SSSR count). The van der Waals surface area contributed by atoms with E-state index < -0.39 is 0 Å². The first-order valence-corrected chi connectivity index (χ1v) is 3.25. The first kappa shape index (κ1) is 7.44. The molecule has 1 heterocycles. The van der Waals surface area contributed by atoms with E-state index in [2.05, 4.69) is 5.32 Å². The Morgan fingerprint density at radius 3 is 2.80 bits per heavy atom. The molecule has 0 aromatic rings. The molecule has 0 saturated carbocycles. The first-order chi connectivity index (χ1) is 4.74. The molecule has 0 aromatic carbocycles. The summed E-state index contributed by atoms with van der Waals surface area (Å²) >= 11 is 0. The van der Waals surface area contributed by atoms with Crippen molar-refractivity contribution in [1.29, 1.82) is 0 Å². The van der Waals surface area contributed by atoms with Crippen molar-refractivity contribution in [2.24, 2.45) is 0 Å². The monoisotopic (exact) mass is 141 g/mol. The summed E-state index contributed by atoms with van der Waals surface area (Å²) in [5.74, 6) is 0.0605. The highest BCUT2D eigenvalue weighted by Gasteiger charge is 2.34. The third-order valence-corrected chi connectivity index (χ3v) is 1.33. The molecule has 0 spiro atoms. The average molecular weight is 141 g/mol. The van der Waals surface area contributed by atoms with E-state index in [0.717, 1.165) is 0 Å². The lowest BCUT2D eigenvalue weighted by atomic mass is 10.3. The van der Waals surface area contributed by atoms with Gasteiger partial charge in [0.15, 0.2) is 5.78 Å². The third kappa shape index (κ3) is 1.93. The van der Waals surface area contributed by atoms with Crippen LogP contribution in [0.25, 0.3) is 0 Å². The van der Waals surface area contributed by atoms with Crippen LogP contribution in [0.5, 0.6) is 0 Å². The summed E-state index contributed by atoms with van der Waals surface area (Å²) in [6.07, 6.45) is 3.52. The number of ether oxygens (including phenoxy) is 1. The lowest BCUT2D eigenvalue weighted by molar-refractivity contribution is -0.112. The largest absolute Gasteiger partial charge is 0.349 e. The van der Waals surface area contributed by atoms with Crippen LogP contribution in [-0.2, 0) is 9.53 Å². The highest BCUT2D eigenvalue weighted by Crippen LogP contribution is 2.19. The summed E-state index contributed by atoms with van der Waals surface area (Å²) in [4.78, 5) is 10.4. The van der Waals surface area contributed by atoms with Gasteiger partial charge in [-0.1, -0.05) is 0 Å². The van der Waals surface area contributed by atoms with E-state index in [4.69, 9.17) is 4.74 Å². The average Bonchev–Trinajstić information content (AvgIpc) is 2.61. The van der Waals surface area contributed by atoms with Crippen LogP contribution in [0.1, 0.15) is 6.92 Å². The maximum absolute atomic E-state index is 10.4. The zero-order valence-electron chi connectivity index (χ0n) is 6.13. The Balaban J connectivity index is 2.23. The van der Waals surface area contributed by atoms with E-state index in [-0.39, 0.29) is 18.1 Å². The zero-order valence-corrected chi connectivity index (χ0v) is 6.13. The minimum Gasteiger partial charge on any atom is -0.349 e. The summed E-state index contributed by atoms with van der Waals surface area (Å²) in [5, 5.41) is 2.93. The van der Waals surface area contributed by atoms with E-state index in [9.17, 15) is 4.79 Å². The van der Waals surface area contributed by atoms with Gasteiger partial charge in [-0.3, -0.25) is 10.1 Å². The Morgan fingerprint density at radius 2 is 2.40 bits per heavy atom. The standard InChI is InChI=1S/C7H11NO2/c1-5(9)3-4-6-7(8-2)10-6/h3-4,6-8H,1-2H3/b4-3-. The Hall–Kier alpha value is -0.670. The second-order valence-electron chi connectivity index (χ2n) is 2.28. The molecule has 1 fully saturated rings. The van der Waals surface area contributed by atoms with Crippen molar-refractivity contribution in [3.05, 3.63) is 12.2 Å². The van der Waals surface area contributed by atoms with Crippen LogP contribution in [0.15, 0.2) is 12.2 Å². The quantitative estimate of drug-likeness (QED) is 0.447. The first-order valence-electron chi connectivity index (χ1n) is 3.25. The van der Waals surface area contributed by atoms with Gasteiger partial charge >= 0.3 is 0 Å². The number of allylic oxidation sites excluding steroid dienone is 1. The molecule has 2 atom stereocenters. The smallest absolute Gasteiger partial charge is 0.152 e. The molecule has 1 saturated heterocycles. The van der Waals surface area contributed by atoms with Gasteiger partial charge in [0, 0.05) is 0 Å². The molecule has 0 aliphatic carbocycles. The predicted octanol–water partition coefficient (Wildman–Crippen LogP) is 0.0759. The van der Waals surface area contributed by atoms with Crippen molar-refractivity contribution in [3.8, 4) is 0 Å². The van der Waals surface area contributed by atoms with Gasteiger partial charge in [0.1, 0.15) is 12.3 Å². The van der Waals surface area contributed by atoms with Crippen molar-refractivity contribution >= 4 is 5.78 Å². The zero-order chi connectivity index (χ0) is 7.56. The maximum Gasteiger partial charge on any atom is 0.152 e. The fourth-order valence-corrected chi connectivity index (χ4v) is 0.733. The van der Waals surface area contributed by atoms with Gasteiger partial charge in [0.25, 0.3) is 0 Å². The number of carbonyl (C=O) groups is 1. The van der Waals surface area contributed by atoms with Gasteiger partial charge in [-0.05, 0) is 26.1 Å². The van der Waals surface area contributed by atoms with Gasteiger partial charge < -0.3 is 4.74 Å². The number of rotatable bonds is 3. The number of nitrogens with one attached hydrogen (secondary N) is 1. The number of hydrogen-bond acceptors (Lipinski definition) is 3. The second-order valence-corrected chi connectivity index (χ2v) is 2.28. The topological polar surface area (TPSA) is 41.6 Å². The molecule has 1 aliphatic heterocycles. The van der Waals surface area contributed by atoms with E-state index in [1.54, 1.807) is 6.08 Å². The molecule has 3 heteroatoms. The van der Waals surface area contributed by atoms with Gasteiger partial charge in [0.2, 0.25) is 0 Å². The minimum atomic E-state index is 0.0605. The highest BCUT2D eigenvalue weighted by atomic mass is 16.6. The van der Waals surface area contributed by atoms with E-state index in [1.807, 2.05) is 7.05 Å². The molecule has 1 aliphatic rings. The molecule has 0 aromatic heterocycles. The third-order valence-electron chi connectivity index (χ3n) is 1.33. The Kier molecular flexibility index (Phi) is 2.19. The summed E-state index contributed by atoms with van der Waals surface area (Å²) in [5.41, 5.74) is 0. The van der Waals surface area contributed by atoms with Gasteiger partial charge in [-0.25, -0.2) is 0 Å². The molecular formula is C7H11NO2. The Labute approximate surface area is 60.1 Å². The van der Waals surface area contributed by atoms with Gasteiger partial charge in [-0.2, -0.15) is 0 Å². The normalized spacial score (nSPS) is 31.0. The Morgan fingerprint density at radius 1 is 1.70 bits per heavy atom. The fourth-order valence-electron chi connectivity index (χ4n) is 0.733. The SMILES string of the molecule is CNC1OC1/C=C\C(C)=O. The number of hydrogen-bond donors (Lipinski definition) is 1. The number of ketones is 1. The number of likely N-dealkylation sites (N-methyl/N-ethyl adjacent to an activating group) is 1. The molecule has 56 valence electrons.